The molecule has 0 saturated heterocycles. The summed E-state index contributed by atoms with van der Waals surface area (Å²) in [4.78, 5) is 14.9. The average molecular weight is 446 g/mol. The van der Waals surface area contributed by atoms with E-state index in [1.807, 2.05) is 6.92 Å². The molecule has 1 aromatic heterocycles. The van der Waals surface area contributed by atoms with Crippen molar-refractivity contribution in [3.8, 4) is 5.75 Å². The average Bonchev–Trinajstić information content (AvgIpc) is 2.95. The van der Waals surface area contributed by atoms with Gasteiger partial charge in [-0.3, -0.25) is 4.72 Å². The Kier molecular flexibility index (Phi) is 5.48. The normalized spacial score (nSPS) is 11.5. The number of nitrogens with zero attached hydrogens (tertiary/aromatic N) is 1. The molecule has 0 fully saturated rings. The minimum Gasteiger partial charge on any atom is -0.545 e. The van der Waals surface area contributed by atoms with Crippen molar-refractivity contribution >= 4 is 65.9 Å². The third-order valence-corrected chi connectivity index (χ3v) is 6.60. The fourth-order valence-electron chi connectivity index (χ4n) is 2.27. The highest BCUT2D eigenvalue weighted by atomic mass is 35.5. The molecule has 1 N–H and O–H groups in total. The van der Waals surface area contributed by atoms with E-state index in [0.29, 0.717) is 17.9 Å². The molecule has 0 atom stereocenters. The van der Waals surface area contributed by atoms with Gasteiger partial charge in [-0.05, 0) is 37.3 Å². The number of fused-ring (bicyclic) bond motifs is 1. The second-order valence-corrected chi connectivity index (χ2v) is 8.73. The molecule has 0 bridgehead atoms. The van der Waals surface area contributed by atoms with Crippen LogP contribution in [0, 0.1) is 0 Å². The second-order valence-electron chi connectivity index (χ2n) is 5.24. The summed E-state index contributed by atoms with van der Waals surface area (Å²) in [6, 6.07) is 7.07. The number of ether oxygens (including phenoxy) is 1. The topological polar surface area (TPSA) is 108 Å². The first-order valence-electron chi connectivity index (χ1n) is 7.48. The van der Waals surface area contributed by atoms with Gasteiger partial charge in [-0.1, -0.05) is 34.5 Å². The molecule has 3 aromatic rings. The SMILES string of the molecule is CCOc1ccc2nc(NS(=O)(=O)c3cc(C(=O)[O-])c(Cl)cc3Cl)sc2c1. The number of sulfonamides is 1. The Balaban J connectivity index is 1.98. The number of thiazole rings is 1. The van der Waals surface area contributed by atoms with Gasteiger partial charge in [0.25, 0.3) is 10.0 Å². The summed E-state index contributed by atoms with van der Waals surface area (Å²) in [6.07, 6.45) is 0. The molecule has 0 radical (unpaired) electrons. The zero-order valence-electron chi connectivity index (χ0n) is 13.7. The highest BCUT2D eigenvalue weighted by Gasteiger charge is 2.22. The summed E-state index contributed by atoms with van der Waals surface area (Å²) in [6.45, 7) is 2.35. The minimum absolute atomic E-state index is 0.0969. The van der Waals surface area contributed by atoms with Crippen molar-refractivity contribution in [1.82, 2.24) is 4.98 Å². The molecule has 0 spiro atoms. The van der Waals surface area contributed by atoms with Crippen LogP contribution >= 0.6 is 34.5 Å². The molecule has 3 rings (SSSR count). The van der Waals surface area contributed by atoms with Crippen LogP contribution in [0.2, 0.25) is 10.0 Å². The summed E-state index contributed by atoms with van der Waals surface area (Å²) >= 11 is 12.8. The van der Waals surface area contributed by atoms with Gasteiger partial charge in [0, 0.05) is 5.56 Å². The Morgan fingerprint density at radius 2 is 2.00 bits per heavy atom. The number of benzene rings is 2. The Hall–Kier alpha value is -2.07. The lowest BCUT2D eigenvalue weighted by Crippen LogP contribution is -2.23. The first-order valence-corrected chi connectivity index (χ1v) is 10.5. The molecule has 0 amide bonds. The van der Waals surface area contributed by atoms with Gasteiger partial charge in [0.15, 0.2) is 5.13 Å². The number of rotatable bonds is 6. The van der Waals surface area contributed by atoms with Crippen LogP contribution in [-0.2, 0) is 10.0 Å². The summed E-state index contributed by atoms with van der Waals surface area (Å²) in [5.74, 6) is -0.973. The van der Waals surface area contributed by atoms with E-state index in [9.17, 15) is 18.3 Å². The van der Waals surface area contributed by atoms with Crippen LogP contribution in [0.3, 0.4) is 0 Å². The third kappa shape index (κ3) is 4.11. The number of carbonyl (C=O) groups is 1. The largest absolute Gasteiger partial charge is 0.545 e. The number of aromatic nitrogens is 1. The van der Waals surface area contributed by atoms with Gasteiger partial charge in [-0.25, -0.2) is 13.4 Å². The molecule has 0 unspecified atom stereocenters. The smallest absolute Gasteiger partial charge is 0.265 e. The van der Waals surface area contributed by atoms with Crippen LogP contribution in [0.5, 0.6) is 5.75 Å². The van der Waals surface area contributed by atoms with Crippen LogP contribution in [0.15, 0.2) is 35.2 Å². The summed E-state index contributed by atoms with van der Waals surface area (Å²) < 4.78 is 33.7. The molecule has 0 aliphatic rings. The van der Waals surface area contributed by atoms with Crippen molar-refractivity contribution in [3.63, 3.8) is 0 Å². The number of carbonyl (C=O) groups excluding carboxylic acids is 1. The molecule has 27 heavy (non-hydrogen) atoms. The Morgan fingerprint density at radius 3 is 2.67 bits per heavy atom. The number of nitrogens with one attached hydrogen (secondary N) is 1. The van der Waals surface area contributed by atoms with E-state index in [1.165, 1.54) is 0 Å². The number of aromatic carboxylic acids is 1. The van der Waals surface area contributed by atoms with Gasteiger partial charge in [-0.15, -0.1) is 0 Å². The molecule has 11 heteroatoms. The van der Waals surface area contributed by atoms with Crippen LogP contribution < -0.4 is 14.6 Å². The first-order chi connectivity index (χ1) is 12.7. The van der Waals surface area contributed by atoms with Crippen LogP contribution in [0.1, 0.15) is 17.3 Å². The summed E-state index contributed by atoms with van der Waals surface area (Å²) in [7, 11) is -4.20. The molecule has 1 heterocycles. The zero-order chi connectivity index (χ0) is 19.8. The van der Waals surface area contributed by atoms with E-state index < -0.39 is 26.5 Å². The van der Waals surface area contributed by atoms with Crippen LogP contribution in [-0.4, -0.2) is 26.0 Å². The summed E-state index contributed by atoms with van der Waals surface area (Å²) in [5.41, 5.74) is 0.103. The van der Waals surface area contributed by atoms with Crippen molar-refractivity contribution in [2.24, 2.45) is 0 Å². The highest BCUT2D eigenvalue weighted by molar-refractivity contribution is 7.93. The number of halogens is 2. The van der Waals surface area contributed by atoms with E-state index in [0.717, 1.165) is 28.2 Å². The minimum atomic E-state index is -4.20. The molecular formula is C16H11Cl2N2O5S2-. The van der Waals surface area contributed by atoms with Crippen molar-refractivity contribution in [1.29, 1.82) is 0 Å². The van der Waals surface area contributed by atoms with Crippen molar-refractivity contribution in [3.05, 3.63) is 45.9 Å². The van der Waals surface area contributed by atoms with Gasteiger partial charge in [-0.2, -0.15) is 0 Å². The fraction of sp³-hybridized carbons (Fsp3) is 0.125. The number of anilines is 1. The lowest BCUT2D eigenvalue weighted by molar-refractivity contribution is -0.255. The van der Waals surface area contributed by atoms with Gasteiger partial charge in [0.05, 0.1) is 32.8 Å². The quantitative estimate of drug-likeness (QED) is 0.623. The molecule has 0 aliphatic heterocycles. The highest BCUT2D eigenvalue weighted by Crippen LogP contribution is 2.33. The summed E-state index contributed by atoms with van der Waals surface area (Å²) in [5, 5.41) is 10.7. The zero-order valence-corrected chi connectivity index (χ0v) is 16.8. The maximum atomic E-state index is 12.6. The molecular weight excluding hydrogens is 435 g/mol. The molecule has 142 valence electrons. The Morgan fingerprint density at radius 1 is 1.26 bits per heavy atom. The van der Waals surface area contributed by atoms with Gasteiger partial charge in [0.1, 0.15) is 10.6 Å². The van der Waals surface area contributed by atoms with Crippen molar-refractivity contribution in [2.45, 2.75) is 11.8 Å². The van der Waals surface area contributed by atoms with Crippen molar-refractivity contribution in [2.75, 3.05) is 11.3 Å². The van der Waals surface area contributed by atoms with Gasteiger partial charge >= 0.3 is 0 Å². The van der Waals surface area contributed by atoms with E-state index in [1.54, 1.807) is 18.2 Å². The Labute approximate surface area is 168 Å². The second kappa shape index (κ2) is 7.51. The van der Waals surface area contributed by atoms with Crippen LogP contribution in [0.25, 0.3) is 10.2 Å². The molecule has 0 saturated carbocycles. The Bertz CT molecular complexity index is 1150. The monoisotopic (exact) mass is 445 g/mol. The lowest BCUT2D eigenvalue weighted by Gasteiger charge is -2.11. The van der Waals surface area contributed by atoms with E-state index in [-0.39, 0.29) is 15.2 Å². The third-order valence-electron chi connectivity index (χ3n) is 3.42. The first kappa shape index (κ1) is 19.7. The number of hydrogen-bond acceptors (Lipinski definition) is 7. The van der Waals surface area contributed by atoms with Gasteiger partial charge < -0.3 is 14.6 Å². The molecule has 0 aliphatic carbocycles. The van der Waals surface area contributed by atoms with Crippen LogP contribution in [0.4, 0.5) is 5.13 Å². The predicted octanol–water partition coefficient (Wildman–Crippen LogP) is 3.17. The predicted molar refractivity (Wildman–Crippen MR) is 102 cm³/mol. The van der Waals surface area contributed by atoms with E-state index in [2.05, 4.69) is 9.71 Å². The number of hydrogen-bond donors (Lipinski definition) is 1. The standard InChI is InChI=1S/C16H12Cl2N2O5S2/c1-2-25-8-3-4-12-13(5-8)26-16(19-12)20-27(23,24)14-6-9(15(21)22)10(17)7-11(14)18/h3-7H,2H2,1H3,(H,19,20)(H,21,22)/p-1. The van der Waals surface area contributed by atoms with Crippen molar-refractivity contribution < 1.29 is 23.1 Å². The maximum Gasteiger partial charge on any atom is 0.265 e. The van der Waals surface area contributed by atoms with Gasteiger partial charge in [0.2, 0.25) is 0 Å². The molecule has 7 nitrogen and oxygen atoms in total. The number of carboxylic acid groups (broad SMARTS) is 1. The molecule has 2 aromatic carbocycles. The van der Waals surface area contributed by atoms with E-state index in [4.69, 9.17) is 27.9 Å². The lowest BCUT2D eigenvalue weighted by atomic mass is 10.2. The fourth-order valence-corrected chi connectivity index (χ4v) is 5.25. The number of carboxylic acids is 1. The maximum absolute atomic E-state index is 12.6. The van der Waals surface area contributed by atoms with E-state index >= 15 is 0 Å².